The Labute approximate surface area is 112 Å². The average molecular weight is 254 g/mol. The first-order valence-electron chi connectivity index (χ1n) is 7.39. The standard InChI is InChI=1S/C15H30N2O/c1-6-12(2)11-17-10-8-7-9-13(17)14(18)16-15(3,4)5/h12-13H,6-11H2,1-5H3,(H,16,18)/t12-,13-/m1/s1. The molecule has 1 rings (SSSR count). The van der Waals surface area contributed by atoms with Gasteiger partial charge in [-0.1, -0.05) is 26.7 Å². The van der Waals surface area contributed by atoms with Gasteiger partial charge in [-0.3, -0.25) is 9.69 Å². The number of rotatable bonds is 4. The van der Waals surface area contributed by atoms with Crippen LogP contribution in [0.1, 0.15) is 60.3 Å². The van der Waals surface area contributed by atoms with Gasteiger partial charge in [0, 0.05) is 12.1 Å². The fourth-order valence-corrected chi connectivity index (χ4v) is 2.49. The molecule has 1 heterocycles. The van der Waals surface area contributed by atoms with Crippen LogP contribution < -0.4 is 5.32 Å². The van der Waals surface area contributed by atoms with E-state index in [0.717, 1.165) is 19.5 Å². The molecule has 0 bridgehead atoms. The maximum Gasteiger partial charge on any atom is 0.237 e. The molecule has 0 radical (unpaired) electrons. The predicted molar refractivity (Wildman–Crippen MR) is 76.6 cm³/mol. The second-order valence-corrected chi connectivity index (χ2v) is 6.76. The van der Waals surface area contributed by atoms with E-state index in [1.54, 1.807) is 0 Å². The highest BCUT2D eigenvalue weighted by Gasteiger charge is 2.30. The van der Waals surface area contributed by atoms with Crippen LogP contribution in [0, 0.1) is 5.92 Å². The molecular formula is C15H30N2O. The summed E-state index contributed by atoms with van der Waals surface area (Å²) in [6, 6.07) is 0.0898. The van der Waals surface area contributed by atoms with Crippen molar-refractivity contribution in [1.29, 1.82) is 0 Å². The van der Waals surface area contributed by atoms with Crippen LogP contribution in [-0.2, 0) is 4.79 Å². The summed E-state index contributed by atoms with van der Waals surface area (Å²) in [5.41, 5.74) is -0.128. The van der Waals surface area contributed by atoms with Gasteiger partial charge in [-0.05, 0) is 46.1 Å². The van der Waals surface area contributed by atoms with Crippen molar-refractivity contribution in [2.24, 2.45) is 5.92 Å². The molecule has 1 aliphatic rings. The van der Waals surface area contributed by atoms with Gasteiger partial charge >= 0.3 is 0 Å². The normalized spacial score (nSPS) is 23.7. The van der Waals surface area contributed by atoms with Crippen LogP contribution in [0.25, 0.3) is 0 Å². The fraction of sp³-hybridized carbons (Fsp3) is 0.933. The highest BCUT2D eigenvalue weighted by Crippen LogP contribution is 2.20. The number of amides is 1. The molecule has 3 nitrogen and oxygen atoms in total. The van der Waals surface area contributed by atoms with Crippen LogP contribution >= 0.6 is 0 Å². The van der Waals surface area contributed by atoms with E-state index in [2.05, 4.69) is 24.1 Å². The zero-order chi connectivity index (χ0) is 13.8. The van der Waals surface area contributed by atoms with Crippen molar-refractivity contribution in [3.63, 3.8) is 0 Å². The number of carbonyl (C=O) groups is 1. The SMILES string of the molecule is CC[C@@H](C)CN1CCCC[C@@H]1C(=O)NC(C)(C)C. The van der Waals surface area contributed by atoms with Gasteiger partial charge in [0.05, 0.1) is 6.04 Å². The summed E-state index contributed by atoms with van der Waals surface area (Å²) in [4.78, 5) is 14.7. The van der Waals surface area contributed by atoms with Crippen LogP contribution in [0.2, 0.25) is 0 Å². The maximum atomic E-state index is 12.3. The molecule has 18 heavy (non-hydrogen) atoms. The Balaban J connectivity index is 2.61. The number of piperidine rings is 1. The molecule has 0 aliphatic carbocycles. The largest absolute Gasteiger partial charge is 0.350 e. The Morgan fingerprint density at radius 3 is 2.61 bits per heavy atom. The van der Waals surface area contributed by atoms with Gasteiger partial charge in [-0.2, -0.15) is 0 Å². The van der Waals surface area contributed by atoms with Gasteiger partial charge in [0.2, 0.25) is 5.91 Å². The van der Waals surface area contributed by atoms with Gasteiger partial charge in [0.15, 0.2) is 0 Å². The molecule has 1 N–H and O–H groups in total. The lowest BCUT2D eigenvalue weighted by atomic mass is 9.97. The van der Waals surface area contributed by atoms with Crippen molar-refractivity contribution >= 4 is 5.91 Å². The number of hydrogen-bond donors (Lipinski definition) is 1. The van der Waals surface area contributed by atoms with Crippen LogP contribution in [0.3, 0.4) is 0 Å². The number of nitrogens with zero attached hydrogens (tertiary/aromatic N) is 1. The maximum absolute atomic E-state index is 12.3. The van der Waals surface area contributed by atoms with Gasteiger partial charge in [-0.25, -0.2) is 0 Å². The van der Waals surface area contributed by atoms with Crippen molar-refractivity contribution in [2.45, 2.75) is 71.9 Å². The molecule has 0 spiro atoms. The summed E-state index contributed by atoms with van der Waals surface area (Å²) in [6.07, 6.45) is 4.61. The van der Waals surface area contributed by atoms with Crippen LogP contribution in [-0.4, -0.2) is 35.5 Å². The summed E-state index contributed by atoms with van der Waals surface area (Å²) in [7, 11) is 0. The lowest BCUT2D eigenvalue weighted by molar-refractivity contribution is -0.129. The smallest absolute Gasteiger partial charge is 0.237 e. The minimum atomic E-state index is -0.128. The number of carbonyl (C=O) groups excluding carboxylic acids is 1. The summed E-state index contributed by atoms with van der Waals surface area (Å²) >= 11 is 0. The minimum Gasteiger partial charge on any atom is -0.350 e. The van der Waals surface area contributed by atoms with Crippen LogP contribution in [0.15, 0.2) is 0 Å². The predicted octanol–water partition coefficient (Wildman–Crippen LogP) is 2.80. The first-order valence-corrected chi connectivity index (χ1v) is 7.39. The molecule has 1 aliphatic heterocycles. The third kappa shape index (κ3) is 4.97. The second kappa shape index (κ2) is 6.55. The van der Waals surface area contributed by atoms with E-state index in [4.69, 9.17) is 0 Å². The van der Waals surface area contributed by atoms with E-state index in [1.165, 1.54) is 19.3 Å². The molecule has 1 amide bonds. The molecule has 0 aromatic carbocycles. The van der Waals surface area contributed by atoms with E-state index in [1.807, 2.05) is 20.8 Å². The van der Waals surface area contributed by atoms with Gasteiger partial charge in [-0.15, -0.1) is 0 Å². The molecule has 1 fully saturated rings. The molecule has 0 saturated carbocycles. The second-order valence-electron chi connectivity index (χ2n) is 6.76. The third-order valence-corrected chi connectivity index (χ3v) is 3.66. The van der Waals surface area contributed by atoms with Gasteiger partial charge < -0.3 is 5.32 Å². The topological polar surface area (TPSA) is 32.3 Å². The number of nitrogens with one attached hydrogen (secondary N) is 1. The quantitative estimate of drug-likeness (QED) is 0.836. The lowest BCUT2D eigenvalue weighted by Gasteiger charge is -2.37. The minimum absolute atomic E-state index is 0.0898. The van der Waals surface area contributed by atoms with Crippen LogP contribution in [0.4, 0.5) is 0 Å². The fourth-order valence-electron chi connectivity index (χ4n) is 2.49. The Morgan fingerprint density at radius 2 is 2.06 bits per heavy atom. The molecule has 106 valence electrons. The van der Waals surface area contributed by atoms with Gasteiger partial charge in [0.25, 0.3) is 0 Å². The molecule has 3 heteroatoms. The van der Waals surface area contributed by atoms with Crippen molar-refractivity contribution < 1.29 is 4.79 Å². The highest BCUT2D eigenvalue weighted by molar-refractivity contribution is 5.82. The summed E-state index contributed by atoms with van der Waals surface area (Å²) < 4.78 is 0. The summed E-state index contributed by atoms with van der Waals surface area (Å²) in [5, 5.41) is 3.13. The van der Waals surface area contributed by atoms with Crippen molar-refractivity contribution in [2.75, 3.05) is 13.1 Å². The lowest BCUT2D eigenvalue weighted by Crippen LogP contribution is -2.54. The third-order valence-electron chi connectivity index (χ3n) is 3.66. The number of hydrogen-bond acceptors (Lipinski definition) is 2. The van der Waals surface area contributed by atoms with Gasteiger partial charge in [0.1, 0.15) is 0 Å². The van der Waals surface area contributed by atoms with E-state index >= 15 is 0 Å². The monoisotopic (exact) mass is 254 g/mol. The summed E-state index contributed by atoms with van der Waals surface area (Å²) in [5.74, 6) is 0.888. The molecular weight excluding hydrogens is 224 g/mol. The molecule has 0 unspecified atom stereocenters. The van der Waals surface area contributed by atoms with Crippen molar-refractivity contribution in [3.05, 3.63) is 0 Å². The zero-order valence-corrected chi connectivity index (χ0v) is 12.8. The molecule has 2 atom stereocenters. The Kier molecular flexibility index (Phi) is 5.64. The molecule has 1 saturated heterocycles. The first kappa shape index (κ1) is 15.5. The van der Waals surface area contributed by atoms with Crippen molar-refractivity contribution in [1.82, 2.24) is 10.2 Å². The van der Waals surface area contributed by atoms with E-state index in [0.29, 0.717) is 5.92 Å². The van der Waals surface area contributed by atoms with Crippen molar-refractivity contribution in [3.8, 4) is 0 Å². The average Bonchev–Trinajstić information content (AvgIpc) is 2.27. The van der Waals surface area contributed by atoms with E-state index in [-0.39, 0.29) is 17.5 Å². The van der Waals surface area contributed by atoms with Crippen LogP contribution in [0.5, 0.6) is 0 Å². The first-order chi connectivity index (χ1) is 8.33. The summed E-state index contributed by atoms with van der Waals surface area (Å²) in [6.45, 7) is 12.8. The highest BCUT2D eigenvalue weighted by atomic mass is 16.2. The van der Waals surface area contributed by atoms with E-state index in [9.17, 15) is 4.79 Å². The Bertz CT molecular complexity index is 270. The number of likely N-dealkylation sites (tertiary alicyclic amines) is 1. The Morgan fingerprint density at radius 1 is 1.39 bits per heavy atom. The Hall–Kier alpha value is -0.570. The van der Waals surface area contributed by atoms with E-state index < -0.39 is 0 Å². The molecule has 0 aromatic rings. The molecule has 0 aromatic heterocycles. The zero-order valence-electron chi connectivity index (χ0n) is 12.8.